The molecule has 5 heterocycles. The third-order valence-electron chi connectivity index (χ3n) is 6.78. The lowest BCUT2D eigenvalue weighted by Gasteiger charge is -2.40. The number of aliphatic hydroxyl groups is 2. The summed E-state index contributed by atoms with van der Waals surface area (Å²) < 4.78 is 51.4. The van der Waals surface area contributed by atoms with E-state index in [1.807, 2.05) is 6.92 Å². The van der Waals surface area contributed by atoms with Crippen LogP contribution >= 0.6 is 22.1 Å². The van der Waals surface area contributed by atoms with Crippen molar-refractivity contribution in [2.24, 2.45) is 0 Å². The van der Waals surface area contributed by atoms with Gasteiger partial charge < -0.3 is 35.3 Å². The fourth-order valence-corrected chi connectivity index (χ4v) is 7.67. The maximum Gasteiger partial charge on any atom is 0.335 e. The standard InChI is InChI=1S/C21H21ClF3N4OS.C4H6O6/c1-13-14(10-29(28-13)19-16(23)3-2-6-27-19)11-31-17(22)9-15-18(31)20(4-7-26-8-5-20)30-12-21(15,24)25;5-1(3(7)8)2(6)4(9)10/h2-3,6,9-10,26H,4-5,7-8,11-12H2,1H3;1-2,5-6H,(H,7,8)(H,9,10)/q+1;/p-1/t;1-,2-/m.1/s1. The quantitative estimate of drug-likeness (QED) is 0.296. The molecule has 0 amide bonds. The minimum Gasteiger partial charge on any atom is -0.547 e. The fourth-order valence-electron chi connectivity index (χ4n) is 4.65. The van der Waals surface area contributed by atoms with Crippen molar-refractivity contribution in [3.8, 4) is 5.82 Å². The summed E-state index contributed by atoms with van der Waals surface area (Å²) >= 11 is 6.56. The number of carbonyl (C=O) groups excluding carboxylic acids is 1. The number of fused-ring (bicyclic) bond motifs is 2. The number of nitrogens with one attached hydrogen (secondary N) is 1. The Morgan fingerprint density at radius 1 is 1.29 bits per heavy atom. The second kappa shape index (κ2) is 12.0. The monoisotopic (exact) mass is 618 g/mol. The molecule has 2 aliphatic rings. The van der Waals surface area contributed by atoms with Crippen LogP contribution in [0.4, 0.5) is 13.2 Å². The van der Waals surface area contributed by atoms with E-state index in [1.165, 1.54) is 29.1 Å². The molecule has 222 valence electrons. The van der Waals surface area contributed by atoms with E-state index in [-0.39, 0.29) is 11.4 Å². The molecule has 1 saturated heterocycles. The maximum absolute atomic E-state index is 14.8. The number of aromatic nitrogens is 3. The first-order chi connectivity index (χ1) is 19.3. The zero-order chi connectivity index (χ0) is 30.1. The second-order valence-corrected chi connectivity index (χ2v) is 12.1. The zero-order valence-electron chi connectivity index (χ0n) is 21.5. The molecule has 41 heavy (non-hydrogen) atoms. The Morgan fingerprint density at radius 2 is 1.98 bits per heavy atom. The van der Waals surface area contributed by atoms with Crippen molar-refractivity contribution >= 4 is 34.0 Å². The molecule has 0 radical (unpaired) electrons. The van der Waals surface area contributed by atoms with Gasteiger partial charge in [0.15, 0.2) is 28.4 Å². The summed E-state index contributed by atoms with van der Waals surface area (Å²) in [6.07, 6.45) is -0.260. The van der Waals surface area contributed by atoms with Gasteiger partial charge in [-0.15, -0.1) is 0 Å². The third-order valence-corrected chi connectivity index (χ3v) is 9.72. The van der Waals surface area contributed by atoms with Crippen LogP contribution in [0.5, 0.6) is 0 Å². The van der Waals surface area contributed by atoms with E-state index in [0.29, 0.717) is 46.6 Å². The van der Waals surface area contributed by atoms with Gasteiger partial charge in [0.2, 0.25) is 4.34 Å². The number of aryl methyl sites for hydroxylation is 1. The first-order valence-corrected chi connectivity index (χ1v) is 14.1. The van der Waals surface area contributed by atoms with E-state index < -0.39 is 58.6 Å². The van der Waals surface area contributed by atoms with Gasteiger partial charge in [-0.2, -0.15) is 13.9 Å². The summed E-state index contributed by atoms with van der Waals surface area (Å²) in [4.78, 5) is 24.1. The minimum atomic E-state index is -3.07. The van der Waals surface area contributed by atoms with Gasteiger partial charge in [-0.3, -0.25) is 0 Å². The number of ether oxygens (including phenoxy) is 1. The van der Waals surface area contributed by atoms with Crippen molar-refractivity contribution in [2.45, 2.75) is 49.2 Å². The van der Waals surface area contributed by atoms with E-state index >= 15 is 0 Å². The highest BCUT2D eigenvalue weighted by molar-refractivity contribution is 7.34. The number of pyridine rings is 1. The summed E-state index contributed by atoms with van der Waals surface area (Å²) in [5.74, 6) is -6.88. The number of carboxylic acid groups (broad SMARTS) is 2. The molecule has 3 aromatic rings. The average Bonchev–Trinajstić information content (AvgIpc) is 3.47. The van der Waals surface area contributed by atoms with Crippen LogP contribution in [0.25, 0.3) is 5.82 Å². The van der Waals surface area contributed by atoms with Gasteiger partial charge in [-0.25, -0.2) is 18.9 Å². The fraction of sp³-hybridized carbons (Fsp3) is 0.440. The number of alkyl halides is 2. The normalized spacial score (nSPS) is 19.0. The zero-order valence-corrected chi connectivity index (χ0v) is 23.1. The molecule has 11 nitrogen and oxygen atoms in total. The summed E-state index contributed by atoms with van der Waals surface area (Å²) in [6.45, 7) is 2.59. The molecule has 0 bridgehead atoms. The highest BCUT2D eigenvalue weighted by Crippen LogP contribution is 2.57. The van der Waals surface area contributed by atoms with Gasteiger partial charge in [0.25, 0.3) is 0 Å². The molecule has 3 aromatic heterocycles. The Hall–Kier alpha value is -3.08. The van der Waals surface area contributed by atoms with Crippen molar-refractivity contribution < 1.29 is 47.9 Å². The van der Waals surface area contributed by atoms with E-state index in [2.05, 4.69) is 15.4 Å². The highest BCUT2D eigenvalue weighted by atomic mass is 35.5. The van der Waals surface area contributed by atoms with Gasteiger partial charge in [0.1, 0.15) is 18.3 Å². The molecule has 1 spiro atoms. The van der Waals surface area contributed by atoms with Crippen LogP contribution in [0.2, 0.25) is 4.34 Å². The van der Waals surface area contributed by atoms with Gasteiger partial charge in [0.05, 0.1) is 17.2 Å². The summed E-state index contributed by atoms with van der Waals surface area (Å²) in [5.41, 5.74) is 0.774. The second-order valence-electron chi connectivity index (χ2n) is 9.50. The summed E-state index contributed by atoms with van der Waals surface area (Å²) in [5, 5.41) is 41.8. The van der Waals surface area contributed by atoms with Gasteiger partial charge in [0, 0.05) is 34.5 Å². The lowest BCUT2D eigenvalue weighted by Crippen LogP contribution is -2.47. The number of thiophene rings is 1. The molecule has 3 atom stereocenters. The lowest BCUT2D eigenvalue weighted by atomic mass is 9.85. The topological polar surface area (TPSA) is 170 Å². The molecule has 4 N–H and O–H groups in total. The van der Waals surface area contributed by atoms with Crippen molar-refractivity contribution in [1.29, 1.82) is 0 Å². The van der Waals surface area contributed by atoms with Crippen molar-refractivity contribution in [3.63, 3.8) is 0 Å². The molecular formula is C25H26ClF3N4O7S. The number of nitrogens with zero attached hydrogens (tertiary/aromatic N) is 3. The summed E-state index contributed by atoms with van der Waals surface area (Å²) in [6, 6.07) is 4.26. The number of piperidine rings is 1. The Bertz CT molecular complexity index is 1430. The molecular weight excluding hydrogens is 593 g/mol. The van der Waals surface area contributed by atoms with Crippen LogP contribution in [-0.2, 0) is 31.6 Å². The highest BCUT2D eigenvalue weighted by Gasteiger charge is 2.56. The molecule has 1 fully saturated rings. The van der Waals surface area contributed by atoms with E-state index in [0.717, 1.165) is 5.56 Å². The first-order valence-electron chi connectivity index (χ1n) is 12.3. The smallest absolute Gasteiger partial charge is 0.335 e. The number of aliphatic carboxylic acids is 2. The van der Waals surface area contributed by atoms with E-state index in [9.17, 15) is 27.9 Å². The maximum atomic E-state index is 14.8. The SMILES string of the molecule is Cc1nn(-c2ncccc2F)cc1C[s+]1c(Cl)cc2c1C1(CCNCC1)OCC2(F)F.O=C([O-])[C@H](O)[C@@H](O)C(=O)O. The Balaban J connectivity index is 0.000000334. The van der Waals surface area contributed by atoms with Crippen molar-refractivity contribution in [1.82, 2.24) is 20.1 Å². The number of aliphatic hydroxyl groups excluding tert-OH is 2. The predicted octanol–water partition coefficient (Wildman–Crippen LogP) is 1.41. The van der Waals surface area contributed by atoms with Gasteiger partial charge in [-0.05, 0) is 56.6 Å². The molecule has 0 aromatic carbocycles. The Labute approximate surface area is 239 Å². The third kappa shape index (κ3) is 6.24. The van der Waals surface area contributed by atoms with Crippen molar-refractivity contribution in [3.05, 3.63) is 62.4 Å². The van der Waals surface area contributed by atoms with E-state index in [4.69, 9.17) is 31.7 Å². The summed E-state index contributed by atoms with van der Waals surface area (Å²) in [7, 11) is -0.776. The largest absolute Gasteiger partial charge is 0.547 e. The molecule has 0 saturated carbocycles. The van der Waals surface area contributed by atoms with Crippen LogP contribution in [0, 0.1) is 12.7 Å². The molecule has 1 unspecified atom stereocenters. The number of carbonyl (C=O) groups is 2. The van der Waals surface area contributed by atoms with Crippen molar-refractivity contribution in [2.75, 3.05) is 19.7 Å². The van der Waals surface area contributed by atoms with Crippen LogP contribution in [0.3, 0.4) is 0 Å². The Morgan fingerprint density at radius 3 is 2.56 bits per heavy atom. The first kappa shape index (κ1) is 30.9. The Kier molecular flexibility index (Phi) is 9.06. The number of rotatable bonds is 6. The van der Waals surface area contributed by atoms with Crippen LogP contribution in [-0.4, -0.2) is 73.9 Å². The molecule has 2 aliphatic heterocycles. The van der Waals surface area contributed by atoms with E-state index in [1.54, 1.807) is 6.20 Å². The van der Waals surface area contributed by atoms with Crippen LogP contribution in [0.1, 0.15) is 34.5 Å². The molecule has 16 heteroatoms. The van der Waals surface area contributed by atoms with Gasteiger partial charge in [-0.1, -0.05) is 0 Å². The molecule has 5 rings (SSSR count). The predicted molar refractivity (Wildman–Crippen MR) is 137 cm³/mol. The van der Waals surface area contributed by atoms with Gasteiger partial charge >= 0.3 is 11.9 Å². The van der Waals surface area contributed by atoms with Crippen LogP contribution in [0.15, 0.2) is 30.6 Å². The number of halogens is 4. The minimum absolute atomic E-state index is 0.00907. The lowest BCUT2D eigenvalue weighted by molar-refractivity contribution is -0.318. The number of hydrogen-bond donors (Lipinski definition) is 4. The molecule has 0 aliphatic carbocycles. The number of carboxylic acids is 2. The number of hydrogen-bond acceptors (Lipinski definition) is 9. The van der Waals surface area contributed by atoms with Crippen LogP contribution < -0.4 is 10.4 Å². The average molecular weight is 619 g/mol.